The van der Waals surface area contributed by atoms with Gasteiger partial charge in [-0.1, -0.05) is 29.8 Å². The van der Waals surface area contributed by atoms with Gasteiger partial charge in [0.2, 0.25) is 0 Å². The van der Waals surface area contributed by atoms with E-state index < -0.39 is 0 Å². The van der Waals surface area contributed by atoms with Crippen LogP contribution in [0, 0.1) is 0 Å². The molecule has 1 unspecified atom stereocenters. The summed E-state index contributed by atoms with van der Waals surface area (Å²) >= 11 is 5.96. The highest BCUT2D eigenvalue weighted by Gasteiger charge is 2.25. The Morgan fingerprint density at radius 3 is 2.23 bits per heavy atom. The van der Waals surface area contributed by atoms with E-state index in [2.05, 4.69) is 24.0 Å². The van der Waals surface area contributed by atoms with Crippen molar-refractivity contribution in [3.05, 3.63) is 64.7 Å². The molecule has 0 bridgehead atoms. The van der Waals surface area contributed by atoms with Crippen molar-refractivity contribution in [2.75, 3.05) is 31.9 Å². The first-order chi connectivity index (χ1) is 11.5. The molecule has 2 aromatic carbocycles. The van der Waals surface area contributed by atoms with Gasteiger partial charge in [0.25, 0.3) is 5.91 Å². The molecule has 26 heavy (non-hydrogen) atoms. The van der Waals surface area contributed by atoms with Crippen molar-refractivity contribution in [1.29, 1.82) is 0 Å². The lowest BCUT2D eigenvalue weighted by Gasteiger charge is -2.38. The first-order valence-corrected chi connectivity index (χ1v) is 8.57. The molecule has 7 heteroatoms. The highest BCUT2D eigenvalue weighted by atomic mass is 35.5. The van der Waals surface area contributed by atoms with E-state index in [1.807, 2.05) is 29.2 Å². The zero-order valence-electron chi connectivity index (χ0n) is 14.6. The van der Waals surface area contributed by atoms with Crippen molar-refractivity contribution >= 4 is 48.0 Å². The first-order valence-electron chi connectivity index (χ1n) is 8.19. The van der Waals surface area contributed by atoms with Crippen LogP contribution in [0.1, 0.15) is 28.9 Å². The monoisotopic (exact) mass is 415 g/mol. The number of hydrogen-bond acceptors (Lipinski definition) is 3. The first kappa shape index (κ1) is 22.6. The van der Waals surface area contributed by atoms with Gasteiger partial charge in [-0.15, -0.1) is 24.8 Å². The van der Waals surface area contributed by atoms with Crippen molar-refractivity contribution in [2.45, 2.75) is 13.0 Å². The lowest BCUT2D eigenvalue weighted by atomic mass is 10.1. The molecule has 2 N–H and O–H groups in total. The van der Waals surface area contributed by atoms with Crippen LogP contribution in [-0.4, -0.2) is 41.9 Å². The summed E-state index contributed by atoms with van der Waals surface area (Å²) in [6, 6.07) is 15.5. The molecule has 1 atom stereocenters. The fourth-order valence-corrected chi connectivity index (χ4v) is 3.24. The molecule has 0 aromatic heterocycles. The van der Waals surface area contributed by atoms with Crippen LogP contribution in [0.4, 0.5) is 5.69 Å². The van der Waals surface area contributed by atoms with Gasteiger partial charge in [-0.05, 0) is 42.8 Å². The van der Waals surface area contributed by atoms with Gasteiger partial charge in [0, 0.05) is 48.5 Å². The number of hydrogen-bond donors (Lipinski definition) is 1. The molecule has 0 saturated carbocycles. The van der Waals surface area contributed by atoms with Gasteiger partial charge >= 0.3 is 0 Å². The van der Waals surface area contributed by atoms with Gasteiger partial charge in [-0.25, -0.2) is 0 Å². The number of nitrogens with two attached hydrogens (primary N) is 1. The second-order valence-electron chi connectivity index (χ2n) is 6.18. The third kappa shape index (κ3) is 5.27. The van der Waals surface area contributed by atoms with Gasteiger partial charge in [-0.3, -0.25) is 9.69 Å². The van der Waals surface area contributed by atoms with Crippen LogP contribution in [0.2, 0.25) is 5.02 Å². The number of nitrogen functional groups attached to an aromatic ring is 1. The minimum absolute atomic E-state index is 0. The van der Waals surface area contributed by atoms with E-state index in [4.69, 9.17) is 17.3 Å². The van der Waals surface area contributed by atoms with Gasteiger partial charge in [0.05, 0.1) is 0 Å². The van der Waals surface area contributed by atoms with Crippen LogP contribution >= 0.6 is 36.4 Å². The molecule has 2 aromatic rings. The summed E-state index contributed by atoms with van der Waals surface area (Å²) in [5.41, 5.74) is 8.30. The summed E-state index contributed by atoms with van der Waals surface area (Å²) in [5, 5.41) is 0.753. The van der Waals surface area contributed by atoms with Crippen LogP contribution < -0.4 is 5.73 Å². The number of nitrogens with zero attached hydrogens (tertiary/aromatic N) is 2. The summed E-state index contributed by atoms with van der Waals surface area (Å²) in [6.45, 7) is 5.37. The third-order valence-electron chi connectivity index (χ3n) is 4.64. The van der Waals surface area contributed by atoms with Crippen LogP contribution in [0.25, 0.3) is 0 Å². The summed E-state index contributed by atoms with van der Waals surface area (Å²) in [6.07, 6.45) is 0. The fraction of sp³-hybridized carbons (Fsp3) is 0.316. The Morgan fingerprint density at radius 1 is 1.04 bits per heavy atom. The van der Waals surface area contributed by atoms with Crippen LogP contribution in [-0.2, 0) is 0 Å². The highest BCUT2D eigenvalue weighted by Crippen LogP contribution is 2.23. The number of benzene rings is 2. The molecule has 1 heterocycles. The van der Waals surface area contributed by atoms with Crippen molar-refractivity contribution in [2.24, 2.45) is 0 Å². The minimum Gasteiger partial charge on any atom is -0.399 e. The van der Waals surface area contributed by atoms with Crippen LogP contribution in [0.5, 0.6) is 0 Å². The zero-order valence-corrected chi connectivity index (χ0v) is 17.0. The summed E-state index contributed by atoms with van der Waals surface area (Å²) in [7, 11) is 0. The number of amides is 1. The number of halogens is 3. The Bertz CT molecular complexity index is 716. The zero-order chi connectivity index (χ0) is 17.1. The maximum atomic E-state index is 12.6. The second-order valence-corrected chi connectivity index (χ2v) is 6.62. The van der Waals surface area contributed by atoms with E-state index in [9.17, 15) is 4.79 Å². The van der Waals surface area contributed by atoms with Gasteiger partial charge in [-0.2, -0.15) is 0 Å². The summed E-state index contributed by atoms with van der Waals surface area (Å²) in [5.74, 6) is 0.0566. The maximum Gasteiger partial charge on any atom is 0.254 e. The molecule has 0 aliphatic carbocycles. The third-order valence-corrected chi connectivity index (χ3v) is 4.89. The number of carbonyl (C=O) groups excluding carboxylic acids is 1. The molecule has 1 aliphatic heterocycles. The maximum absolute atomic E-state index is 12.6. The molecule has 0 radical (unpaired) electrons. The van der Waals surface area contributed by atoms with Crippen molar-refractivity contribution in [3.63, 3.8) is 0 Å². The molecule has 1 fully saturated rings. The Hall–Kier alpha value is -1.46. The molecular weight excluding hydrogens is 393 g/mol. The normalized spacial score (nSPS) is 15.5. The van der Waals surface area contributed by atoms with Crippen molar-refractivity contribution in [3.8, 4) is 0 Å². The standard InChI is InChI=1S/C19H22ClN3O.2ClH/c1-14(15-5-7-17(20)8-6-15)22-9-11-23(12-10-22)19(24)16-3-2-4-18(21)13-16;;/h2-8,13-14H,9-12,21H2,1H3;2*1H. The Labute approximate surface area is 172 Å². The van der Waals surface area contributed by atoms with E-state index in [1.54, 1.807) is 12.1 Å². The summed E-state index contributed by atoms with van der Waals surface area (Å²) < 4.78 is 0. The Balaban J connectivity index is 0.00000169. The van der Waals surface area contributed by atoms with Gasteiger partial charge in [0.1, 0.15) is 0 Å². The molecule has 1 aliphatic rings. The molecule has 1 saturated heterocycles. The molecule has 3 rings (SSSR count). The molecule has 1 amide bonds. The quantitative estimate of drug-likeness (QED) is 0.760. The van der Waals surface area contributed by atoms with Gasteiger partial charge in [0.15, 0.2) is 0 Å². The van der Waals surface area contributed by atoms with Crippen LogP contribution in [0.3, 0.4) is 0 Å². The number of carbonyl (C=O) groups is 1. The lowest BCUT2D eigenvalue weighted by Crippen LogP contribution is -2.49. The predicted octanol–water partition coefficient (Wildman–Crippen LogP) is 4.28. The number of piperazine rings is 1. The molecule has 0 spiro atoms. The van der Waals surface area contributed by atoms with Crippen LogP contribution in [0.15, 0.2) is 48.5 Å². The average molecular weight is 417 g/mol. The molecule has 142 valence electrons. The number of anilines is 1. The second kappa shape index (κ2) is 10.0. The van der Waals surface area contributed by atoms with Crippen molar-refractivity contribution in [1.82, 2.24) is 9.80 Å². The largest absolute Gasteiger partial charge is 0.399 e. The fourth-order valence-electron chi connectivity index (χ4n) is 3.12. The summed E-state index contributed by atoms with van der Waals surface area (Å²) in [4.78, 5) is 16.9. The smallest absolute Gasteiger partial charge is 0.254 e. The SMILES string of the molecule is CC(c1ccc(Cl)cc1)N1CCN(C(=O)c2cccc(N)c2)CC1.Cl.Cl. The van der Waals surface area contributed by atoms with E-state index in [0.717, 1.165) is 31.2 Å². The number of rotatable bonds is 3. The predicted molar refractivity (Wildman–Crippen MR) is 113 cm³/mol. The van der Waals surface area contributed by atoms with Crippen molar-refractivity contribution < 1.29 is 4.79 Å². The Morgan fingerprint density at radius 2 is 1.65 bits per heavy atom. The van der Waals surface area contributed by atoms with E-state index >= 15 is 0 Å². The highest BCUT2D eigenvalue weighted by molar-refractivity contribution is 6.30. The molecule has 4 nitrogen and oxygen atoms in total. The van der Waals surface area contributed by atoms with Gasteiger partial charge < -0.3 is 10.6 Å². The minimum atomic E-state index is 0. The van der Waals surface area contributed by atoms with E-state index in [0.29, 0.717) is 17.3 Å². The average Bonchev–Trinajstić information content (AvgIpc) is 2.61. The topological polar surface area (TPSA) is 49.6 Å². The lowest BCUT2D eigenvalue weighted by molar-refractivity contribution is 0.0582. The Kier molecular flexibility index (Phi) is 8.71. The van der Waals surface area contributed by atoms with E-state index in [1.165, 1.54) is 5.56 Å². The molecular formula is C19H24Cl3N3O. The van der Waals surface area contributed by atoms with E-state index in [-0.39, 0.29) is 30.7 Å².